The Labute approximate surface area is 219 Å². The van der Waals surface area contributed by atoms with Gasteiger partial charge in [-0.15, -0.1) is 0 Å². The van der Waals surface area contributed by atoms with Gasteiger partial charge in [-0.3, -0.25) is 0 Å². The third-order valence-electron chi connectivity index (χ3n) is 6.71. The fraction of sp³-hybridized carbons (Fsp3) is 0.310. The molecule has 0 aromatic heterocycles. The van der Waals surface area contributed by atoms with Crippen molar-refractivity contribution < 1.29 is 27.1 Å². The SMILES string of the molecule is c1ccc2cc(CCOP3OCC4(CO3)COP(OCCc3ccc5ccccc5c3)OC4)ccc2c1. The van der Waals surface area contributed by atoms with Crippen LogP contribution in [0, 0.1) is 5.41 Å². The normalized spacial score (nSPS) is 24.1. The minimum atomic E-state index is -1.35. The van der Waals surface area contributed by atoms with Crippen LogP contribution < -0.4 is 0 Å². The molecule has 2 aliphatic heterocycles. The van der Waals surface area contributed by atoms with Gasteiger partial charge in [0.1, 0.15) is 0 Å². The monoisotopic (exact) mass is 536 g/mol. The van der Waals surface area contributed by atoms with E-state index in [4.69, 9.17) is 27.1 Å². The summed E-state index contributed by atoms with van der Waals surface area (Å²) in [6.07, 6.45) is 1.63. The van der Waals surface area contributed by atoms with Crippen molar-refractivity contribution in [3.8, 4) is 0 Å². The predicted molar refractivity (Wildman–Crippen MR) is 147 cm³/mol. The molecule has 192 valence electrons. The van der Waals surface area contributed by atoms with Crippen LogP contribution in [0.15, 0.2) is 84.9 Å². The lowest BCUT2D eigenvalue weighted by Gasteiger charge is -2.41. The molecule has 1 spiro atoms. The van der Waals surface area contributed by atoms with E-state index in [1.54, 1.807) is 0 Å². The molecule has 37 heavy (non-hydrogen) atoms. The Morgan fingerprint density at radius 3 is 1.38 bits per heavy atom. The molecule has 0 N–H and O–H groups in total. The molecule has 0 unspecified atom stereocenters. The number of hydrogen-bond acceptors (Lipinski definition) is 6. The second kappa shape index (κ2) is 11.8. The van der Waals surface area contributed by atoms with Gasteiger partial charge in [-0.2, -0.15) is 0 Å². The number of rotatable bonds is 8. The van der Waals surface area contributed by atoms with Crippen molar-refractivity contribution in [1.29, 1.82) is 0 Å². The van der Waals surface area contributed by atoms with Gasteiger partial charge in [-0.1, -0.05) is 84.9 Å². The second-order valence-corrected chi connectivity index (χ2v) is 12.0. The second-order valence-electron chi connectivity index (χ2n) is 9.57. The molecule has 2 aliphatic rings. The van der Waals surface area contributed by atoms with E-state index in [9.17, 15) is 0 Å². The molecule has 2 fully saturated rings. The molecule has 0 aliphatic carbocycles. The van der Waals surface area contributed by atoms with E-state index in [-0.39, 0.29) is 5.41 Å². The summed E-state index contributed by atoms with van der Waals surface area (Å²) < 4.78 is 35.5. The minimum Gasteiger partial charge on any atom is -0.312 e. The highest BCUT2D eigenvalue weighted by molar-refractivity contribution is 7.42. The Balaban J connectivity index is 0.895. The highest BCUT2D eigenvalue weighted by Crippen LogP contribution is 2.53. The van der Waals surface area contributed by atoms with Crippen molar-refractivity contribution in [2.75, 3.05) is 39.6 Å². The van der Waals surface area contributed by atoms with E-state index in [0.717, 1.165) is 12.8 Å². The van der Waals surface area contributed by atoms with E-state index < -0.39 is 17.2 Å². The molecular formula is C29H30O6P2. The zero-order valence-corrected chi connectivity index (χ0v) is 22.4. The third-order valence-corrected chi connectivity index (χ3v) is 8.85. The molecule has 2 heterocycles. The fourth-order valence-corrected chi connectivity index (χ4v) is 6.94. The van der Waals surface area contributed by atoms with Crippen LogP contribution in [-0.4, -0.2) is 39.6 Å². The Bertz CT molecular complexity index is 1230. The molecule has 0 atom stereocenters. The largest absolute Gasteiger partial charge is 0.332 e. The summed E-state index contributed by atoms with van der Waals surface area (Å²) in [5.41, 5.74) is 2.18. The molecule has 6 rings (SSSR count). The van der Waals surface area contributed by atoms with Gasteiger partial charge >= 0.3 is 17.2 Å². The molecule has 6 nitrogen and oxygen atoms in total. The van der Waals surface area contributed by atoms with Crippen LogP contribution in [-0.2, 0) is 40.0 Å². The highest BCUT2D eigenvalue weighted by Gasteiger charge is 2.43. The molecule has 0 bridgehead atoms. The van der Waals surface area contributed by atoms with E-state index in [1.165, 1.54) is 32.7 Å². The molecule has 0 amide bonds. The lowest BCUT2D eigenvalue weighted by Crippen LogP contribution is -2.44. The van der Waals surface area contributed by atoms with Crippen molar-refractivity contribution in [3.63, 3.8) is 0 Å². The topological polar surface area (TPSA) is 55.4 Å². The first-order valence-electron chi connectivity index (χ1n) is 12.6. The fourth-order valence-electron chi connectivity index (χ4n) is 4.50. The van der Waals surface area contributed by atoms with Gasteiger partial charge in [0.05, 0.1) is 45.1 Å². The first-order valence-corrected chi connectivity index (χ1v) is 14.8. The van der Waals surface area contributed by atoms with Gasteiger partial charge in [0.15, 0.2) is 0 Å². The lowest BCUT2D eigenvalue weighted by molar-refractivity contribution is -0.0758. The standard InChI is InChI=1S/C29H30O6P2/c1-3-7-27-17-23(9-11-25(27)5-1)13-15-30-36-32-19-29(20-33-36)21-34-37(35-22-29)31-16-14-24-10-12-26-6-2-4-8-28(26)18-24/h1-12,17-18H,13-16,19-22H2. The summed E-state index contributed by atoms with van der Waals surface area (Å²) in [6, 6.07) is 29.8. The Kier molecular flexibility index (Phi) is 8.08. The maximum atomic E-state index is 5.92. The van der Waals surface area contributed by atoms with Crippen LogP contribution in [0.4, 0.5) is 0 Å². The van der Waals surface area contributed by atoms with Crippen molar-refractivity contribution in [3.05, 3.63) is 96.1 Å². The molecular weight excluding hydrogens is 506 g/mol. The van der Waals surface area contributed by atoms with Crippen molar-refractivity contribution >= 4 is 38.7 Å². The summed E-state index contributed by atoms with van der Waals surface area (Å²) in [5.74, 6) is 0. The van der Waals surface area contributed by atoms with Crippen LogP contribution in [0.3, 0.4) is 0 Å². The average Bonchev–Trinajstić information content (AvgIpc) is 2.95. The van der Waals surface area contributed by atoms with Gasteiger partial charge in [-0.25, -0.2) is 0 Å². The van der Waals surface area contributed by atoms with Crippen LogP contribution >= 0.6 is 17.2 Å². The highest BCUT2D eigenvalue weighted by atomic mass is 31.2. The van der Waals surface area contributed by atoms with Gasteiger partial charge in [0, 0.05) is 0 Å². The molecule has 8 heteroatoms. The number of benzene rings is 4. The summed E-state index contributed by atoms with van der Waals surface area (Å²) in [4.78, 5) is 0. The molecule has 4 aromatic rings. The first-order chi connectivity index (χ1) is 18.2. The molecule has 2 saturated heterocycles. The van der Waals surface area contributed by atoms with Crippen LogP contribution in [0.2, 0.25) is 0 Å². The first kappa shape index (κ1) is 25.3. The lowest BCUT2D eigenvalue weighted by atomic mass is 9.93. The number of hydrogen-bond donors (Lipinski definition) is 0. The van der Waals surface area contributed by atoms with Gasteiger partial charge < -0.3 is 27.1 Å². The minimum absolute atomic E-state index is 0.304. The summed E-state index contributed by atoms with van der Waals surface area (Å²) >= 11 is 0. The summed E-state index contributed by atoms with van der Waals surface area (Å²) in [6.45, 7) is 3.09. The van der Waals surface area contributed by atoms with Crippen LogP contribution in [0.5, 0.6) is 0 Å². The zero-order valence-electron chi connectivity index (χ0n) is 20.6. The Hall–Kier alpha value is -1.98. The quantitative estimate of drug-likeness (QED) is 0.220. The molecule has 4 aromatic carbocycles. The third kappa shape index (κ3) is 6.37. The van der Waals surface area contributed by atoms with Crippen molar-refractivity contribution in [2.45, 2.75) is 12.8 Å². The summed E-state index contributed by atoms with van der Waals surface area (Å²) in [7, 11) is -2.70. The maximum absolute atomic E-state index is 5.92. The Morgan fingerprint density at radius 1 is 0.541 bits per heavy atom. The van der Waals surface area contributed by atoms with Crippen LogP contribution in [0.1, 0.15) is 11.1 Å². The van der Waals surface area contributed by atoms with E-state index in [1.807, 2.05) is 0 Å². The van der Waals surface area contributed by atoms with E-state index in [2.05, 4.69) is 84.9 Å². The van der Waals surface area contributed by atoms with E-state index in [0.29, 0.717) is 39.6 Å². The van der Waals surface area contributed by atoms with Gasteiger partial charge in [-0.05, 0) is 45.5 Å². The van der Waals surface area contributed by atoms with E-state index >= 15 is 0 Å². The van der Waals surface area contributed by atoms with Gasteiger partial charge in [0.2, 0.25) is 0 Å². The summed E-state index contributed by atoms with van der Waals surface area (Å²) in [5, 5.41) is 4.98. The molecule has 0 saturated carbocycles. The van der Waals surface area contributed by atoms with Crippen LogP contribution in [0.25, 0.3) is 21.5 Å². The van der Waals surface area contributed by atoms with Gasteiger partial charge in [0.25, 0.3) is 0 Å². The van der Waals surface area contributed by atoms with Crippen molar-refractivity contribution in [1.82, 2.24) is 0 Å². The maximum Gasteiger partial charge on any atom is 0.332 e. The van der Waals surface area contributed by atoms with Crippen molar-refractivity contribution in [2.24, 2.45) is 5.41 Å². The number of fused-ring (bicyclic) bond motifs is 2. The average molecular weight is 537 g/mol. The predicted octanol–water partition coefficient (Wildman–Crippen LogP) is 7.35. The molecule has 0 radical (unpaired) electrons. The smallest absolute Gasteiger partial charge is 0.312 e. The Morgan fingerprint density at radius 2 is 0.946 bits per heavy atom. The zero-order chi connectivity index (χ0) is 24.9.